The molecule has 1 aromatic carbocycles. The number of hydrogen-bond donors (Lipinski definition) is 1. The predicted molar refractivity (Wildman–Crippen MR) is 75.4 cm³/mol. The molecular formula is C13H15ClN4. The van der Waals surface area contributed by atoms with Gasteiger partial charge in [-0.05, 0) is 31.0 Å². The van der Waals surface area contributed by atoms with Gasteiger partial charge in [0.05, 0.1) is 0 Å². The molecule has 0 amide bonds. The van der Waals surface area contributed by atoms with E-state index < -0.39 is 0 Å². The van der Waals surface area contributed by atoms with Crippen LogP contribution in [0.25, 0.3) is 0 Å². The van der Waals surface area contributed by atoms with E-state index in [4.69, 9.17) is 5.73 Å². The molecule has 4 nitrogen and oxygen atoms in total. The molecule has 94 valence electrons. The summed E-state index contributed by atoms with van der Waals surface area (Å²) in [5.41, 5.74) is 8.22. The molecule has 0 bridgehead atoms. The third kappa shape index (κ3) is 1.99. The number of rotatable bonds is 1. The number of nitrogen functional groups attached to an aromatic ring is 1. The Morgan fingerprint density at radius 1 is 1.28 bits per heavy atom. The Kier molecular flexibility index (Phi) is 3.39. The third-order valence-electron chi connectivity index (χ3n) is 3.11. The fourth-order valence-corrected chi connectivity index (χ4v) is 2.41. The predicted octanol–water partition coefficient (Wildman–Crippen LogP) is 2.56. The van der Waals surface area contributed by atoms with Gasteiger partial charge in [0.25, 0.3) is 0 Å². The van der Waals surface area contributed by atoms with Crippen molar-refractivity contribution < 1.29 is 0 Å². The monoisotopic (exact) mass is 262 g/mol. The Morgan fingerprint density at radius 3 is 2.83 bits per heavy atom. The number of hydrogen-bond acceptors (Lipinski definition) is 4. The Balaban J connectivity index is 0.00000120. The Labute approximate surface area is 112 Å². The van der Waals surface area contributed by atoms with E-state index in [9.17, 15) is 0 Å². The van der Waals surface area contributed by atoms with Gasteiger partial charge in [0.15, 0.2) is 0 Å². The molecule has 0 fully saturated rings. The smallest absolute Gasteiger partial charge is 0.221 e. The summed E-state index contributed by atoms with van der Waals surface area (Å²) in [6.45, 7) is 2.19. The molecule has 0 radical (unpaired) electrons. The molecule has 0 aliphatic carbocycles. The van der Waals surface area contributed by atoms with Crippen LogP contribution in [0.5, 0.6) is 0 Å². The second kappa shape index (κ2) is 4.82. The average molecular weight is 263 g/mol. The van der Waals surface area contributed by atoms with Crippen molar-refractivity contribution >= 4 is 29.9 Å². The number of nitrogens with two attached hydrogens (primary N) is 1. The van der Waals surface area contributed by atoms with E-state index in [-0.39, 0.29) is 12.4 Å². The van der Waals surface area contributed by atoms with Crippen LogP contribution in [-0.4, -0.2) is 16.0 Å². The first-order valence-electron chi connectivity index (χ1n) is 5.71. The van der Waals surface area contributed by atoms with Crippen LogP contribution in [0.3, 0.4) is 0 Å². The lowest BCUT2D eigenvalue weighted by molar-refractivity contribution is 0.750. The fraction of sp³-hybridized carbons (Fsp3) is 0.231. The summed E-state index contributed by atoms with van der Waals surface area (Å²) in [6.07, 6.45) is 2.74. The first-order chi connectivity index (χ1) is 8.25. The molecule has 0 saturated heterocycles. The number of halogens is 1. The maximum Gasteiger partial charge on any atom is 0.221 e. The number of nitrogens with zero attached hydrogens (tertiary/aromatic N) is 3. The van der Waals surface area contributed by atoms with E-state index in [0.717, 1.165) is 12.2 Å². The molecule has 1 atom stereocenters. The van der Waals surface area contributed by atoms with Crippen LogP contribution in [0.2, 0.25) is 0 Å². The standard InChI is InChI=1S/C13H14N4.ClH/c1-9-8-10-4-2-3-5-11(10)17(9)12-6-7-15-13(14)16-12;/h2-7,9H,8H2,1H3,(H2,14,15,16);1H. The second-order valence-corrected chi connectivity index (χ2v) is 4.32. The molecule has 1 aliphatic rings. The average Bonchev–Trinajstić information content (AvgIpc) is 2.64. The fourth-order valence-electron chi connectivity index (χ4n) is 2.41. The summed E-state index contributed by atoms with van der Waals surface area (Å²) in [6, 6.07) is 10.7. The molecule has 2 N–H and O–H groups in total. The molecule has 3 rings (SSSR count). The first-order valence-corrected chi connectivity index (χ1v) is 5.71. The van der Waals surface area contributed by atoms with Crippen molar-refractivity contribution in [3.63, 3.8) is 0 Å². The highest BCUT2D eigenvalue weighted by Gasteiger charge is 2.27. The Morgan fingerprint density at radius 2 is 2.06 bits per heavy atom. The zero-order valence-electron chi connectivity index (χ0n) is 10.1. The van der Waals surface area contributed by atoms with Gasteiger partial charge in [0, 0.05) is 17.9 Å². The molecule has 1 unspecified atom stereocenters. The van der Waals surface area contributed by atoms with Crippen molar-refractivity contribution in [2.45, 2.75) is 19.4 Å². The van der Waals surface area contributed by atoms with E-state index in [2.05, 4.69) is 46.1 Å². The lowest BCUT2D eigenvalue weighted by atomic mass is 10.1. The summed E-state index contributed by atoms with van der Waals surface area (Å²) in [7, 11) is 0. The molecule has 0 saturated carbocycles. The Hall–Kier alpha value is -1.81. The second-order valence-electron chi connectivity index (χ2n) is 4.32. The molecule has 0 spiro atoms. The minimum atomic E-state index is 0. The van der Waals surface area contributed by atoms with Crippen molar-refractivity contribution in [1.82, 2.24) is 9.97 Å². The normalized spacial score (nSPS) is 17.2. The van der Waals surface area contributed by atoms with E-state index >= 15 is 0 Å². The van der Waals surface area contributed by atoms with Crippen molar-refractivity contribution in [3.8, 4) is 0 Å². The van der Waals surface area contributed by atoms with Crippen molar-refractivity contribution in [2.24, 2.45) is 0 Å². The van der Waals surface area contributed by atoms with Gasteiger partial charge in [-0.3, -0.25) is 0 Å². The van der Waals surface area contributed by atoms with Crippen LogP contribution in [0.1, 0.15) is 12.5 Å². The molecule has 18 heavy (non-hydrogen) atoms. The summed E-state index contributed by atoms with van der Waals surface area (Å²) in [4.78, 5) is 10.4. The zero-order chi connectivity index (χ0) is 11.8. The highest BCUT2D eigenvalue weighted by atomic mass is 35.5. The molecule has 1 aliphatic heterocycles. The van der Waals surface area contributed by atoms with Crippen LogP contribution in [0.4, 0.5) is 17.5 Å². The molecule has 5 heteroatoms. The van der Waals surface area contributed by atoms with Gasteiger partial charge in [-0.15, -0.1) is 12.4 Å². The van der Waals surface area contributed by atoms with Gasteiger partial charge >= 0.3 is 0 Å². The van der Waals surface area contributed by atoms with Gasteiger partial charge < -0.3 is 10.6 Å². The number of fused-ring (bicyclic) bond motifs is 1. The van der Waals surface area contributed by atoms with Gasteiger partial charge in [0.2, 0.25) is 5.95 Å². The number of aromatic nitrogens is 2. The zero-order valence-corrected chi connectivity index (χ0v) is 10.9. The summed E-state index contributed by atoms with van der Waals surface area (Å²) in [5, 5.41) is 0. The van der Waals surface area contributed by atoms with Gasteiger partial charge in [-0.1, -0.05) is 18.2 Å². The third-order valence-corrected chi connectivity index (χ3v) is 3.11. The van der Waals surface area contributed by atoms with Crippen molar-refractivity contribution in [1.29, 1.82) is 0 Å². The first kappa shape index (κ1) is 12.6. The molecule has 2 heterocycles. The van der Waals surface area contributed by atoms with Crippen LogP contribution in [-0.2, 0) is 6.42 Å². The topological polar surface area (TPSA) is 55.0 Å². The van der Waals surface area contributed by atoms with E-state index in [1.165, 1.54) is 11.3 Å². The van der Waals surface area contributed by atoms with E-state index in [0.29, 0.717) is 12.0 Å². The lowest BCUT2D eigenvalue weighted by Gasteiger charge is -2.23. The van der Waals surface area contributed by atoms with Gasteiger partial charge in [-0.2, -0.15) is 4.98 Å². The highest BCUT2D eigenvalue weighted by Crippen LogP contribution is 2.36. The highest BCUT2D eigenvalue weighted by molar-refractivity contribution is 5.85. The Bertz CT molecular complexity index is 558. The molecule has 1 aromatic heterocycles. The largest absolute Gasteiger partial charge is 0.368 e. The van der Waals surface area contributed by atoms with Crippen molar-refractivity contribution in [3.05, 3.63) is 42.1 Å². The maximum atomic E-state index is 5.64. The van der Waals surface area contributed by atoms with Crippen LogP contribution in [0, 0.1) is 0 Å². The van der Waals surface area contributed by atoms with Crippen LogP contribution < -0.4 is 10.6 Å². The van der Waals surface area contributed by atoms with E-state index in [1.807, 2.05) is 6.07 Å². The SMILES string of the molecule is CC1Cc2ccccc2N1c1ccnc(N)n1.Cl. The molecular weight excluding hydrogens is 248 g/mol. The van der Waals surface area contributed by atoms with Crippen molar-refractivity contribution in [2.75, 3.05) is 10.6 Å². The lowest BCUT2D eigenvalue weighted by Crippen LogP contribution is -2.25. The van der Waals surface area contributed by atoms with Gasteiger partial charge in [0.1, 0.15) is 5.82 Å². The summed E-state index contributed by atoms with van der Waals surface area (Å²) >= 11 is 0. The number of anilines is 3. The number of benzene rings is 1. The summed E-state index contributed by atoms with van der Waals surface area (Å²) in [5.74, 6) is 1.19. The van der Waals surface area contributed by atoms with Crippen LogP contribution >= 0.6 is 12.4 Å². The summed E-state index contributed by atoms with van der Waals surface area (Å²) < 4.78 is 0. The number of para-hydroxylation sites is 1. The van der Waals surface area contributed by atoms with E-state index in [1.54, 1.807) is 6.20 Å². The minimum Gasteiger partial charge on any atom is -0.368 e. The molecule has 2 aromatic rings. The maximum absolute atomic E-state index is 5.64. The van der Waals surface area contributed by atoms with Gasteiger partial charge in [-0.25, -0.2) is 4.98 Å². The quantitative estimate of drug-likeness (QED) is 0.858. The minimum absolute atomic E-state index is 0. The van der Waals surface area contributed by atoms with Crippen LogP contribution in [0.15, 0.2) is 36.5 Å².